The Hall–Kier alpha value is -2.93. The van der Waals surface area contributed by atoms with E-state index in [-0.39, 0.29) is 18.4 Å². The lowest BCUT2D eigenvalue weighted by Crippen LogP contribution is -2.36. The van der Waals surface area contributed by atoms with Gasteiger partial charge in [0.05, 0.1) is 25.3 Å². The quantitative estimate of drug-likeness (QED) is 0.883. The van der Waals surface area contributed by atoms with E-state index in [4.69, 9.17) is 4.74 Å². The molecule has 2 aromatic rings. The number of benzene rings is 1. The first-order valence-electron chi connectivity index (χ1n) is 8.51. The minimum atomic E-state index is -0.246. The zero-order chi connectivity index (χ0) is 18.4. The largest absolute Gasteiger partial charge is 0.378 e. The summed E-state index contributed by atoms with van der Waals surface area (Å²) in [6.45, 7) is 3.17. The van der Waals surface area contributed by atoms with Gasteiger partial charge in [-0.15, -0.1) is 0 Å². The minimum Gasteiger partial charge on any atom is -0.378 e. The summed E-state index contributed by atoms with van der Waals surface area (Å²) in [5.41, 5.74) is 2.27. The zero-order valence-electron chi connectivity index (χ0n) is 14.7. The third-order valence-electron chi connectivity index (χ3n) is 4.16. The highest BCUT2D eigenvalue weighted by molar-refractivity contribution is 5.99. The van der Waals surface area contributed by atoms with Crippen LogP contribution in [0, 0.1) is 0 Å². The van der Waals surface area contributed by atoms with Crippen LogP contribution in [0.4, 0.5) is 11.4 Å². The Morgan fingerprint density at radius 2 is 1.92 bits per heavy atom. The van der Waals surface area contributed by atoms with E-state index >= 15 is 0 Å². The molecule has 0 atom stereocenters. The second kappa shape index (κ2) is 8.44. The molecule has 2 heterocycles. The van der Waals surface area contributed by atoms with Gasteiger partial charge in [-0.2, -0.15) is 0 Å². The minimum absolute atomic E-state index is 0.0288. The topological polar surface area (TPSA) is 74.8 Å². The number of ether oxygens (including phenoxy) is 1. The van der Waals surface area contributed by atoms with E-state index in [1.165, 1.54) is 11.1 Å². The van der Waals surface area contributed by atoms with Gasteiger partial charge >= 0.3 is 0 Å². The van der Waals surface area contributed by atoms with Gasteiger partial charge in [0.15, 0.2) is 0 Å². The van der Waals surface area contributed by atoms with Crippen LogP contribution in [-0.2, 0) is 9.53 Å². The van der Waals surface area contributed by atoms with Crippen molar-refractivity contribution in [3.05, 3.63) is 54.4 Å². The SMILES string of the molecule is CN(CC(=O)Nc1ccc(N2CCOCC2)cc1)C(=O)c1cccnc1. The molecule has 1 aromatic carbocycles. The number of rotatable bonds is 5. The lowest BCUT2D eigenvalue weighted by molar-refractivity contribution is -0.116. The Morgan fingerprint density at radius 1 is 1.19 bits per heavy atom. The first kappa shape index (κ1) is 17.9. The summed E-state index contributed by atoms with van der Waals surface area (Å²) in [7, 11) is 1.59. The summed E-state index contributed by atoms with van der Waals surface area (Å²) in [6.07, 6.45) is 3.09. The molecule has 0 aliphatic carbocycles. The van der Waals surface area contributed by atoms with Crippen molar-refractivity contribution in [3.8, 4) is 0 Å². The lowest BCUT2D eigenvalue weighted by Gasteiger charge is -2.28. The zero-order valence-corrected chi connectivity index (χ0v) is 14.7. The Labute approximate surface area is 152 Å². The molecule has 0 spiro atoms. The molecule has 7 heteroatoms. The molecular weight excluding hydrogens is 332 g/mol. The molecule has 0 bridgehead atoms. The molecule has 26 heavy (non-hydrogen) atoms. The van der Waals surface area contributed by atoms with E-state index in [1.54, 1.807) is 25.4 Å². The molecule has 1 aliphatic heterocycles. The average Bonchev–Trinajstić information content (AvgIpc) is 2.69. The van der Waals surface area contributed by atoms with Crippen LogP contribution >= 0.6 is 0 Å². The first-order chi connectivity index (χ1) is 12.6. The predicted molar refractivity (Wildman–Crippen MR) is 99.3 cm³/mol. The average molecular weight is 354 g/mol. The van der Waals surface area contributed by atoms with Crippen LogP contribution in [0.5, 0.6) is 0 Å². The molecule has 1 saturated heterocycles. The van der Waals surface area contributed by atoms with Gasteiger partial charge in [-0.1, -0.05) is 0 Å². The molecule has 136 valence electrons. The highest BCUT2D eigenvalue weighted by atomic mass is 16.5. The molecule has 1 aliphatic rings. The predicted octanol–water partition coefficient (Wildman–Crippen LogP) is 1.63. The number of nitrogens with zero attached hydrogens (tertiary/aromatic N) is 3. The van der Waals surface area contributed by atoms with Crippen LogP contribution in [0.2, 0.25) is 0 Å². The second-order valence-corrected chi connectivity index (χ2v) is 6.10. The normalized spacial score (nSPS) is 14.0. The third-order valence-corrected chi connectivity index (χ3v) is 4.16. The van der Waals surface area contributed by atoms with Crippen molar-refractivity contribution in [2.45, 2.75) is 0 Å². The fourth-order valence-electron chi connectivity index (χ4n) is 2.77. The van der Waals surface area contributed by atoms with Gasteiger partial charge < -0.3 is 19.9 Å². The fourth-order valence-corrected chi connectivity index (χ4v) is 2.77. The molecule has 3 rings (SSSR count). The van der Waals surface area contributed by atoms with Gasteiger partial charge in [-0.25, -0.2) is 0 Å². The van der Waals surface area contributed by atoms with Crippen molar-refractivity contribution in [1.29, 1.82) is 0 Å². The lowest BCUT2D eigenvalue weighted by atomic mass is 10.2. The summed E-state index contributed by atoms with van der Waals surface area (Å²) in [5, 5.41) is 2.82. The van der Waals surface area contributed by atoms with E-state index in [1.807, 2.05) is 24.3 Å². The molecule has 1 N–H and O–H groups in total. The molecule has 0 unspecified atom stereocenters. The Morgan fingerprint density at radius 3 is 2.58 bits per heavy atom. The van der Waals surface area contributed by atoms with Gasteiger partial charge in [0.1, 0.15) is 0 Å². The maximum Gasteiger partial charge on any atom is 0.255 e. The van der Waals surface area contributed by atoms with Crippen molar-refractivity contribution < 1.29 is 14.3 Å². The number of pyridine rings is 1. The van der Waals surface area contributed by atoms with Gasteiger partial charge in [-0.3, -0.25) is 14.6 Å². The monoisotopic (exact) mass is 354 g/mol. The number of morpholine rings is 1. The van der Waals surface area contributed by atoms with Gasteiger partial charge in [-0.05, 0) is 36.4 Å². The Balaban J connectivity index is 1.53. The van der Waals surface area contributed by atoms with E-state index in [0.29, 0.717) is 11.3 Å². The molecule has 1 aromatic heterocycles. The van der Waals surface area contributed by atoms with Crippen molar-refractivity contribution in [2.24, 2.45) is 0 Å². The number of amides is 2. The number of hydrogen-bond donors (Lipinski definition) is 1. The number of carbonyl (C=O) groups excluding carboxylic acids is 2. The number of aromatic nitrogens is 1. The number of likely N-dealkylation sites (N-methyl/N-ethyl adjacent to an activating group) is 1. The molecule has 1 fully saturated rings. The standard InChI is InChI=1S/C19H22N4O3/c1-22(19(25)15-3-2-8-20-13-15)14-18(24)21-16-4-6-17(7-5-16)23-9-11-26-12-10-23/h2-8,13H,9-12,14H2,1H3,(H,21,24). The van der Waals surface area contributed by atoms with Crippen molar-refractivity contribution in [1.82, 2.24) is 9.88 Å². The highest BCUT2D eigenvalue weighted by Crippen LogP contribution is 2.19. The molecular formula is C19H22N4O3. The number of nitrogens with one attached hydrogen (secondary N) is 1. The second-order valence-electron chi connectivity index (χ2n) is 6.10. The van der Waals surface area contributed by atoms with Gasteiger partial charge in [0.25, 0.3) is 5.91 Å². The van der Waals surface area contributed by atoms with Gasteiger partial charge in [0.2, 0.25) is 5.91 Å². The van der Waals surface area contributed by atoms with E-state index in [0.717, 1.165) is 32.0 Å². The molecule has 2 amide bonds. The van der Waals surface area contributed by atoms with E-state index in [2.05, 4.69) is 15.2 Å². The van der Waals surface area contributed by atoms with Crippen LogP contribution in [0.15, 0.2) is 48.8 Å². The van der Waals surface area contributed by atoms with Crippen LogP contribution in [0.1, 0.15) is 10.4 Å². The fraction of sp³-hybridized carbons (Fsp3) is 0.316. The highest BCUT2D eigenvalue weighted by Gasteiger charge is 2.15. The Bertz CT molecular complexity index is 743. The summed E-state index contributed by atoms with van der Waals surface area (Å²) >= 11 is 0. The van der Waals surface area contributed by atoms with Gasteiger partial charge in [0, 0.05) is 43.9 Å². The number of hydrogen-bond acceptors (Lipinski definition) is 5. The molecule has 7 nitrogen and oxygen atoms in total. The third kappa shape index (κ3) is 4.58. The first-order valence-corrected chi connectivity index (χ1v) is 8.51. The van der Waals surface area contributed by atoms with Crippen LogP contribution in [-0.4, -0.2) is 61.6 Å². The Kier molecular flexibility index (Phi) is 5.80. The smallest absolute Gasteiger partial charge is 0.255 e. The maximum atomic E-state index is 12.2. The van der Waals surface area contributed by atoms with Crippen LogP contribution in [0.3, 0.4) is 0 Å². The number of carbonyl (C=O) groups is 2. The number of anilines is 2. The maximum absolute atomic E-state index is 12.2. The van der Waals surface area contributed by atoms with Crippen LogP contribution < -0.4 is 10.2 Å². The van der Waals surface area contributed by atoms with Crippen molar-refractivity contribution >= 4 is 23.2 Å². The summed E-state index contributed by atoms with van der Waals surface area (Å²) in [5.74, 6) is -0.486. The van der Waals surface area contributed by atoms with Crippen molar-refractivity contribution in [3.63, 3.8) is 0 Å². The van der Waals surface area contributed by atoms with Crippen LogP contribution in [0.25, 0.3) is 0 Å². The van der Waals surface area contributed by atoms with Crippen molar-refractivity contribution in [2.75, 3.05) is 50.1 Å². The summed E-state index contributed by atoms with van der Waals surface area (Å²) in [4.78, 5) is 32.0. The molecule has 0 radical (unpaired) electrons. The van der Waals surface area contributed by atoms with E-state index < -0.39 is 0 Å². The summed E-state index contributed by atoms with van der Waals surface area (Å²) in [6, 6.07) is 11.1. The van der Waals surface area contributed by atoms with E-state index in [9.17, 15) is 9.59 Å². The summed E-state index contributed by atoms with van der Waals surface area (Å²) < 4.78 is 5.35. The molecule has 0 saturated carbocycles.